The molecule has 0 heterocycles. The van der Waals surface area contributed by atoms with Crippen LogP contribution in [-0.2, 0) is 11.2 Å². The van der Waals surface area contributed by atoms with Crippen LogP contribution in [-0.4, -0.2) is 18.1 Å². The summed E-state index contributed by atoms with van der Waals surface area (Å²) in [5.74, 6) is -0.281. The van der Waals surface area contributed by atoms with E-state index in [-0.39, 0.29) is 12.3 Å². The van der Waals surface area contributed by atoms with E-state index in [1.165, 1.54) is 6.21 Å². The van der Waals surface area contributed by atoms with Crippen molar-refractivity contribution in [3.05, 3.63) is 100 Å². The summed E-state index contributed by atoms with van der Waals surface area (Å²) in [5.41, 5.74) is 4.53. The third kappa shape index (κ3) is 5.62. The van der Waals surface area contributed by atoms with Crippen molar-refractivity contribution in [3.63, 3.8) is 0 Å². The maximum atomic E-state index is 12.3. The molecule has 0 saturated heterocycles. The molecule has 0 bridgehead atoms. The minimum atomic E-state index is -0.460. The predicted octanol–water partition coefficient (Wildman–Crippen LogP) is 4.36. The number of hydrogen-bond donors (Lipinski definition) is 1. The minimum absolute atomic E-state index is 0.209. The monoisotopic (exact) mass is 436 g/mol. The molecule has 0 aliphatic rings. The maximum Gasteiger partial charge on any atom is 0.344 e. The zero-order chi connectivity index (χ0) is 19.8. The van der Waals surface area contributed by atoms with Gasteiger partial charge in [-0.2, -0.15) is 5.10 Å². The van der Waals surface area contributed by atoms with Gasteiger partial charge in [0.1, 0.15) is 5.75 Å². The smallest absolute Gasteiger partial charge is 0.344 e. The van der Waals surface area contributed by atoms with Gasteiger partial charge in [0.15, 0.2) is 0 Å². The zero-order valence-corrected chi connectivity index (χ0v) is 16.4. The van der Waals surface area contributed by atoms with Gasteiger partial charge in [0.25, 0.3) is 0 Å². The molecule has 0 saturated carbocycles. The lowest BCUT2D eigenvalue weighted by Gasteiger charge is -2.06. The Labute approximate surface area is 171 Å². The molecule has 3 aromatic carbocycles. The number of esters is 1. The Bertz CT molecular complexity index is 1000. The third-order valence-corrected chi connectivity index (χ3v) is 4.46. The van der Waals surface area contributed by atoms with Crippen LogP contribution < -0.4 is 10.2 Å². The van der Waals surface area contributed by atoms with Crippen molar-refractivity contribution in [2.45, 2.75) is 6.42 Å². The standard InChI is InChI=1S/C22H17BrN2O3/c23-20-12-5-4-11-19(20)22(27)28-18-10-6-9-17(13-18)15-24-25-21(26)14-16-7-2-1-3-8-16/h1-13,15H,14H2,(H,25,26). The van der Waals surface area contributed by atoms with Crippen molar-refractivity contribution in [3.8, 4) is 5.75 Å². The maximum absolute atomic E-state index is 12.3. The Morgan fingerprint density at radius 1 is 0.964 bits per heavy atom. The summed E-state index contributed by atoms with van der Waals surface area (Å²) >= 11 is 3.33. The lowest BCUT2D eigenvalue weighted by Crippen LogP contribution is -2.19. The summed E-state index contributed by atoms with van der Waals surface area (Å²) in [7, 11) is 0. The fraction of sp³-hybridized carbons (Fsp3) is 0.0455. The van der Waals surface area contributed by atoms with Crippen molar-refractivity contribution in [1.29, 1.82) is 0 Å². The van der Waals surface area contributed by atoms with E-state index in [0.717, 1.165) is 5.56 Å². The molecule has 0 spiro atoms. The van der Waals surface area contributed by atoms with Crippen LogP contribution in [0.25, 0.3) is 0 Å². The first-order valence-corrected chi connectivity index (χ1v) is 9.34. The summed E-state index contributed by atoms with van der Waals surface area (Å²) in [6.07, 6.45) is 1.75. The number of hydrogen-bond acceptors (Lipinski definition) is 4. The van der Waals surface area contributed by atoms with Crippen molar-refractivity contribution in [2.24, 2.45) is 5.10 Å². The van der Waals surface area contributed by atoms with Gasteiger partial charge in [-0.3, -0.25) is 4.79 Å². The Kier molecular flexibility index (Phi) is 6.70. The fourth-order valence-corrected chi connectivity index (χ4v) is 2.89. The second kappa shape index (κ2) is 9.62. The van der Waals surface area contributed by atoms with Crippen molar-refractivity contribution >= 4 is 34.0 Å². The van der Waals surface area contributed by atoms with Gasteiger partial charge >= 0.3 is 5.97 Å². The van der Waals surface area contributed by atoms with E-state index in [4.69, 9.17) is 4.74 Å². The van der Waals surface area contributed by atoms with Crippen molar-refractivity contribution in [2.75, 3.05) is 0 Å². The number of hydrazone groups is 1. The van der Waals surface area contributed by atoms with Crippen LogP contribution in [0.2, 0.25) is 0 Å². The molecule has 3 aromatic rings. The van der Waals surface area contributed by atoms with Crippen LogP contribution in [0.5, 0.6) is 5.75 Å². The van der Waals surface area contributed by atoms with Crippen LogP contribution in [0.4, 0.5) is 0 Å². The van der Waals surface area contributed by atoms with E-state index in [2.05, 4.69) is 26.5 Å². The summed E-state index contributed by atoms with van der Waals surface area (Å²) in [4.78, 5) is 24.2. The third-order valence-electron chi connectivity index (χ3n) is 3.77. The van der Waals surface area contributed by atoms with E-state index < -0.39 is 5.97 Å². The fourth-order valence-electron chi connectivity index (χ4n) is 2.45. The van der Waals surface area contributed by atoms with E-state index >= 15 is 0 Å². The van der Waals surface area contributed by atoms with Crippen molar-refractivity contribution < 1.29 is 14.3 Å². The van der Waals surface area contributed by atoms with Crippen molar-refractivity contribution in [1.82, 2.24) is 5.43 Å². The number of nitrogens with zero attached hydrogens (tertiary/aromatic N) is 1. The van der Waals surface area contributed by atoms with E-state index in [1.54, 1.807) is 42.5 Å². The highest BCUT2D eigenvalue weighted by Crippen LogP contribution is 2.19. The van der Waals surface area contributed by atoms with Crippen LogP contribution in [0.1, 0.15) is 21.5 Å². The highest BCUT2D eigenvalue weighted by atomic mass is 79.9. The second-order valence-corrected chi connectivity index (χ2v) is 6.75. The molecule has 0 fully saturated rings. The molecule has 3 rings (SSSR count). The number of nitrogens with one attached hydrogen (secondary N) is 1. The quantitative estimate of drug-likeness (QED) is 0.270. The number of rotatable bonds is 6. The van der Waals surface area contributed by atoms with Gasteiger partial charge in [-0.05, 0) is 51.3 Å². The average molecular weight is 437 g/mol. The van der Waals surface area contributed by atoms with Gasteiger partial charge < -0.3 is 4.74 Å². The average Bonchev–Trinajstić information content (AvgIpc) is 2.69. The van der Waals surface area contributed by atoms with Crippen LogP contribution in [0.3, 0.4) is 0 Å². The number of ether oxygens (including phenoxy) is 1. The number of amides is 1. The normalized spacial score (nSPS) is 10.6. The number of halogens is 1. The van der Waals surface area contributed by atoms with Crippen LogP contribution in [0, 0.1) is 0 Å². The lowest BCUT2D eigenvalue weighted by atomic mass is 10.1. The molecule has 6 heteroatoms. The lowest BCUT2D eigenvalue weighted by molar-refractivity contribution is -0.120. The largest absolute Gasteiger partial charge is 0.423 e. The number of benzene rings is 3. The molecule has 1 amide bonds. The predicted molar refractivity (Wildman–Crippen MR) is 111 cm³/mol. The van der Waals surface area contributed by atoms with E-state index in [0.29, 0.717) is 21.3 Å². The highest BCUT2D eigenvalue weighted by molar-refractivity contribution is 9.10. The molecule has 0 atom stereocenters. The number of carbonyl (C=O) groups is 2. The molecule has 0 aliphatic heterocycles. The molecule has 28 heavy (non-hydrogen) atoms. The second-order valence-electron chi connectivity index (χ2n) is 5.90. The van der Waals surface area contributed by atoms with Gasteiger partial charge in [-0.25, -0.2) is 10.2 Å². The summed E-state index contributed by atoms with van der Waals surface area (Å²) in [6, 6.07) is 23.4. The SMILES string of the molecule is O=C(Cc1ccccc1)NN=Cc1cccc(OC(=O)c2ccccc2Br)c1. The summed E-state index contributed by atoms with van der Waals surface area (Å²) in [5, 5.41) is 3.96. The molecule has 5 nitrogen and oxygen atoms in total. The Morgan fingerprint density at radius 3 is 2.50 bits per heavy atom. The first kappa shape index (κ1) is 19.5. The summed E-state index contributed by atoms with van der Waals surface area (Å²) < 4.78 is 6.08. The minimum Gasteiger partial charge on any atom is -0.423 e. The molecule has 0 radical (unpaired) electrons. The topological polar surface area (TPSA) is 67.8 Å². The molecular formula is C22H17BrN2O3. The summed E-state index contributed by atoms with van der Waals surface area (Å²) in [6.45, 7) is 0. The number of carbonyl (C=O) groups excluding carboxylic acids is 2. The first-order valence-electron chi connectivity index (χ1n) is 8.54. The Morgan fingerprint density at radius 2 is 1.71 bits per heavy atom. The van der Waals surface area contributed by atoms with Gasteiger partial charge in [0, 0.05) is 4.47 Å². The van der Waals surface area contributed by atoms with Gasteiger partial charge in [0.2, 0.25) is 5.91 Å². The Balaban J connectivity index is 1.58. The van der Waals surface area contributed by atoms with E-state index in [9.17, 15) is 9.59 Å². The van der Waals surface area contributed by atoms with Gasteiger partial charge in [-0.15, -0.1) is 0 Å². The molecular weight excluding hydrogens is 420 g/mol. The molecule has 0 aromatic heterocycles. The highest BCUT2D eigenvalue weighted by Gasteiger charge is 2.11. The molecule has 1 N–H and O–H groups in total. The molecule has 0 aliphatic carbocycles. The molecule has 140 valence electrons. The van der Waals surface area contributed by atoms with Gasteiger partial charge in [0.05, 0.1) is 18.2 Å². The van der Waals surface area contributed by atoms with Crippen LogP contribution >= 0.6 is 15.9 Å². The Hall–Kier alpha value is -3.25. The molecule has 0 unspecified atom stereocenters. The van der Waals surface area contributed by atoms with Gasteiger partial charge in [-0.1, -0.05) is 54.6 Å². The van der Waals surface area contributed by atoms with Crippen LogP contribution in [0.15, 0.2) is 88.4 Å². The zero-order valence-electron chi connectivity index (χ0n) is 14.8. The van der Waals surface area contributed by atoms with E-state index in [1.807, 2.05) is 36.4 Å². The first-order chi connectivity index (χ1) is 13.6.